The molecule has 0 saturated heterocycles. The molecule has 72 heavy (non-hydrogen) atoms. The summed E-state index contributed by atoms with van der Waals surface area (Å²) in [7, 11) is 0. The van der Waals surface area contributed by atoms with Crippen molar-refractivity contribution in [3.8, 4) is 50.7 Å². The number of aromatic nitrogens is 2. The van der Waals surface area contributed by atoms with Gasteiger partial charge in [0, 0.05) is 66.9 Å². The first-order valence-corrected chi connectivity index (χ1v) is 24.3. The summed E-state index contributed by atoms with van der Waals surface area (Å²) >= 11 is 0. The van der Waals surface area contributed by atoms with E-state index in [1.165, 1.54) is 11.1 Å². The Labute approximate surface area is 447 Å². The quantitative estimate of drug-likeness (QED) is 0.142. The molecule has 8 aromatic carbocycles. The smallest absolute Gasteiger partial charge is 0.135 e. The zero-order valence-electron chi connectivity index (χ0n) is 47.1. The van der Waals surface area contributed by atoms with E-state index in [1.54, 1.807) is 6.20 Å². The van der Waals surface area contributed by atoms with Crippen LogP contribution < -0.4 is 14.5 Å². The van der Waals surface area contributed by atoms with E-state index in [9.17, 15) is 0 Å². The molecule has 0 bridgehead atoms. The van der Waals surface area contributed by atoms with Crippen LogP contribution in [0.25, 0.3) is 61.0 Å². The number of fused-ring (bicyclic) bond motifs is 4. The average molecular weight is 1120 g/mol. The van der Waals surface area contributed by atoms with E-state index >= 15 is 0 Å². The maximum absolute atomic E-state index is 8.88. The van der Waals surface area contributed by atoms with Crippen LogP contribution in [0.1, 0.15) is 85.9 Å². The third-order valence-corrected chi connectivity index (χ3v) is 13.4. The Bertz CT molecular complexity index is 3850. The van der Waals surface area contributed by atoms with Crippen LogP contribution in [-0.4, -0.2) is 9.55 Å². The topological polar surface area (TPSA) is 33.5 Å². The van der Waals surface area contributed by atoms with Gasteiger partial charge >= 0.3 is 0 Å². The fourth-order valence-corrected chi connectivity index (χ4v) is 9.54. The summed E-state index contributed by atoms with van der Waals surface area (Å²) in [5, 5.41) is 1.93. The zero-order valence-corrected chi connectivity index (χ0v) is 44.4. The fourth-order valence-electron chi connectivity index (χ4n) is 9.54. The Hall–Kier alpha value is -7.20. The SMILES string of the molecule is [2H]c1c([2H])c([2H])c(-c2cnc(-n3c4[c-]c(Oc5[c-]c(N6[CH-]N(c7cc(C(C)(C)C)cc(C(C)(C)C)c7)c7cc(-c8ccccc8)ccc76)ccc5)ccc4c4cc(-c5ccccc5)ccc43)cc2C(C)(C)C)c([2H])c1[2H].[Pt]. The van der Waals surface area contributed by atoms with Crippen LogP contribution >= 0.6 is 0 Å². The molecule has 0 amide bonds. The minimum atomic E-state index is -0.520. The monoisotopic (exact) mass is 1120 g/mol. The first kappa shape index (κ1) is 42.5. The number of benzene rings is 8. The number of pyridine rings is 1. The van der Waals surface area contributed by atoms with Crippen LogP contribution in [0.5, 0.6) is 11.5 Å². The van der Waals surface area contributed by atoms with Gasteiger partial charge in [-0.2, -0.15) is 12.1 Å². The maximum Gasteiger partial charge on any atom is 0.135 e. The normalized spacial score (nSPS) is 13.8. The molecule has 2 aromatic heterocycles. The molecule has 362 valence electrons. The van der Waals surface area contributed by atoms with Crippen molar-refractivity contribution in [1.82, 2.24) is 9.55 Å². The van der Waals surface area contributed by atoms with E-state index in [0.717, 1.165) is 72.4 Å². The summed E-state index contributed by atoms with van der Waals surface area (Å²) in [4.78, 5) is 9.51. The van der Waals surface area contributed by atoms with Crippen LogP contribution in [-0.2, 0) is 37.3 Å². The molecule has 1 aliphatic heterocycles. The van der Waals surface area contributed by atoms with Gasteiger partial charge in [-0.3, -0.25) is 0 Å². The summed E-state index contributed by atoms with van der Waals surface area (Å²) in [6, 6.07) is 58.3. The van der Waals surface area contributed by atoms with Gasteiger partial charge in [-0.05, 0) is 103 Å². The number of nitrogens with zero attached hydrogens (tertiary/aromatic N) is 4. The van der Waals surface area contributed by atoms with E-state index in [2.05, 4.69) is 199 Å². The van der Waals surface area contributed by atoms with Crippen LogP contribution in [0, 0.1) is 18.8 Å². The van der Waals surface area contributed by atoms with Crippen molar-refractivity contribution in [2.45, 2.75) is 78.6 Å². The van der Waals surface area contributed by atoms with E-state index < -0.39 is 11.5 Å². The molecule has 5 nitrogen and oxygen atoms in total. The molecule has 0 saturated carbocycles. The van der Waals surface area contributed by atoms with Crippen molar-refractivity contribution in [1.29, 1.82) is 0 Å². The molecule has 3 heterocycles. The Balaban J connectivity index is 0.00000672. The number of rotatable bonds is 8. The Morgan fingerprint density at radius 3 is 1.82 bits per heavy atom. The second kappa shape index (κ2) is 18.8. The number of hydrogen-bond donors (Lipinski definition) is 0. The second-order valence-corrected chi connectivity index (χ2v) is 21.6. The zero-order chi connectivity index (χ0) is 53.6. The predicted molar refractivity (Wildman–Crippen MR) is 297 cm³/mol. The molecular weight excluding hydrogens is 1060 g/mol. The number of hydrogen-bond acceptors (Lipinski definition) is 4. The third-order valence-electron chi connectivity index (χ3n) is 13.4. The largest absolute Gasteiger partial charge is 0.509 e. The Morgan fingerprint density at radius 1 is 0.528 bits per heavy atom. The van der Waals surface area contributed by atoms with Gasteiger partial charge in [0.2, 0.25) is 0 Å². The predicted octanol–water partition coefficient (Wildman–Crippen LogP) is 17.9. The van der Waals surface area contributed by atoms with Crippen LogP contribution in [0.4, 0.5) is 22.7 Å². The second-order valence-electron chi connectivity index (χ2n) is 21.6. The van der Waals surface area contributed by atoms with Gasteiger partial charge in [-0.25, -0.2) is 4.98 Å². The summed E-state index contributed by atoms with van der Waals surface area (Å²) in [5.41, 5.74) is 13.2. The first-order chi connectivity index (χ1) is 36.1. The van der Waals surface area contributed by atoms with Crippen molar-refractivity contribution in [3.63, 3.8) is 0 Å². The molecule has 0 fully saturated rings. The number of anilines is 4. The van der Waals surface area contributed by atoms with Gasteiger partial charge in [0.15, 0.2) is 0 Å². The van der Waals surface area contributed by atoms with Gasteiger partial charge in [0.05, 0.1) is 6.85 Å². The molecule has 0 N–H and O–H groups in total. The third kappa shape index (κ3) is 9.28. The van der Waals surface area contributed by atoms with Gasteiger partial charge in [0.1, 0.15) is 5.82 Å². The van der Waals surface area contributed by atoms with Crippen molar-refractivity contribution < 1.29 is 32.7 Å². The average Bonchev–Trinajstić information content (AvgIpc) is 4.12. The van der Waals surface area contributed by atoms with Gasteiger partial charge in [-0.15, -0.1) is 48.1 Å². The summed E-state index contributed by atoms with van der Waals surface area (Å²) < 4.78 is 51.8. The maximum atomic E-state index is 8.88. The summed E-state index contributed by atoms with van der Waals surface area (Å²) in [5.74, 6) is 1.58. The van der Waals surface area contributed by atoms with Crippen molar-refractivity contribution >= 4 is 44.6 Å². The first-order valence-electron chi connectivity index (χ1n) is 26.8. The molecule has 0 unspecified atom stereocenters. The Morgan fingerprint density at radius 2 is 1.17 bits per heavy atom. The minimum Gasteiger partial charge on any atom is -0.509 e. The molecule has 0 spiro atoms. The molecule has 11 rings (SSSR count). The summed E-state index contributed by atoms with van der Waals surface area (Å²) in [6.45, 7) is 21.9. The van der Waals surface area contributed by atoms with Crippen LogP contribution in [0.2, 0.25) is 0 Å². The van der Waals surface area contributed by atoms with E-state index in [1.807, 2.05) is 48.5 Å². The van der Waals surface area contributed by atoms with Crippen LogP contribution in [0.3, 0.4) is 0 Å². The molecular formula is C66H59N4OPt-3. The molecule has 0 radical (unpaired) electrons. The van der Waals surface area contributed by atoms with E-state index in [0.29, 0.717) is 22.9 Å². The molecule has 6 heteroatoms. The number of ether oxygens (including phenoxy) is 1. The fraction of sp³-hybridized carbons (Fsp3) is 0.182. The van der Waals surface area contributed by atoms with Crippen LogP contribution in [0.15, 0.2) is 188 Å². The van der Waals surface area contributed by atoms with E-state index in [4.69, 9.17) is 16.6 Å². The Kier molecular flexibility index (Phi) is 11.1. The van der Waals surface area contributed by atoms with Gasteiger partial charge in [0.25, 0.3) is 0 Å². The van der Waals surface area contributed by atoms with Crippen molar-refractivity contribution in [2.24, 2.45) is 0 Å². The van der Waals surface area contributed by atoms with E-state index in [-0.39, 0.29) is 61.6 Å². The minimum absolute atomic E-state index is 0. The van der Waals surface area contributed by atoms with Gasteiger partial charge in [-0.1, -0.05) is 183 Å². The van der Waals surface area contributed by atoms with Gasteiger partial charge < -0.3 is 19.1 Å². The summed E-state index contributed by atoms with van der Waals surface area (Å²) in [6.07, 6.45) is 1.64. The molecule has 1 aliphatic rings. The van der Waals surface area contributed by atoms with Crippen molar-refractivity contribution in [2.75, 3.05) is 9.80 Å². The molecule has 0 aliphatic carbocycles. The molecule has 0 atom stereocenters. The van der Waals surface area contributed by atoms with Crippen molar-refractivity contribution in [3.05, 3.63) is 224 Å². The molecule has 10 aromatic rings. The standard InChI is InChI=1S/C66H59N4O.Pt/c1-64(2,3)49-36-50(65(4,5)6)38-52(37-49)69-43-68(60-33-29-48(35-62(60)69)45-22-15-11-16-23-45)51-26-19-27-53(39-51)71-54-30-31-55-56-34-47(44-20-13-10-14-21-44)28-32-59(56)70(61(55)40-54)63-41-58(66(7,8)9)57(42-67-63)46-24-17-12-18-25-46;/h10-38,41-43H,1-9H3;/q-3;/i12D,17D,18D,24D,25D;.